The first-order valence-electron chi connectivity index (χ1n) is 14.5. The lowest BCUT2D eigenvalue weighted by atomic mass is 10.1. The maximum atomic E-state index is 4.69. The lowest BCUT2D eigenvalue weighted by molar-refractivity contribution is 0.442. The van der Waals surface area contributed by atoms with E-state index in [4.69, 9.17) is 4.98 Å². The molecule has 8 nitrogen and oxygen atoms in total. The molecule has 2 aliphatic rings. The highest BCUT2D eigenvalue weighted by molar-refractivity contribution is 7.09. The van der Waals surface area contributed by atoms with Crippen LogP contribution in [-0.4, -0.2) is 70.1 Å². The van der Waals surface area contributed by atoms with E-state index >= 15 is 0 Å². The van der Waals surface area contributed by atoms with Crippen molar-refractivity contribution in [1.29, 1.82) is 0 Å². The average Bonchev–Trinajstić information content (AvgIpc) is 3.61. The summed E-state index contributed by atoms with van der Waals surface area (Å²) in [6.45, 7) is 17.0. The number of piperazine rings is 2. The molecule has 4 aromatic rings. The molecule has 0 spiro atoms. The molecule has 2 atom stereocenters. The second kappa shape index (κ2) is 16.0. The maximum absolute atomic E-state index is 4.69. The largest absolute Gasteiger partial charge is 0.344 e. The van der Waals surface area contributed by atoms with Gasteiger partial charge in [-0.2, -0.15) is 8.75 Å². The van der Waals surface area contributed by atoms with Crippen LogP contribution in [0.2, 0.25) is 0 Å². The lowest BCUT2D eigenvalue weighted by Crippen LogP contribution is -2.49. The van der Waals surface area contributed by atoms with E-state index in [0.717, 1.165) is 73.9 Å². The number of anilines is 1. The molecular formula is C31H44N8S2. The van der Waals surface area contributed by atoms with E-state index < -0.39 is 0 Å². The van der Waals surface area contributed by atoms with Gasteiger partial charge in [0.25, 0.3) is 0 Å². The Labute approximate surface area is 253 Å². The van der Waals surface area contributed by atoms with Gasteiger partial charge in [-0.1, -0.05) is 59.7 Å². The summed E-state index contributed by atoms with van der Waals surface area (Å²) in [5.41, 5.74) is 5.12. The number of rotatable bonds is 5. The van der Waals surface area contributed by atoms with Crippen molar-refractivity contribution < 1.29 is 0 Å². The average molecular weight is 593 g/mol. The van der Waals surface area contributed by atoms with Gasteiger partial charge in [0.15, 0.2) is 0 Å². The van der Waals surface area contributed by atoms with Crippen LogP contribution in [0, 0.1) is 20.8 Å². The third-order valence-corrected chi connectivity index (χ3v) is 8.35. The zero-order valence-corrected chi connectivity index (χ0v) is 26.6. The molecule has 0 aliphatic carbocycles. The topological polar surface area (TPSA) is 90.9 Å². The van der Waals surface area contributed by atoms with Gasteiger partial charge < -0.3 is 20.9 Å². The minimum absolute atomic E-state index is 0.521. The molecule has 0 saturated carbocycles. The van der Waals surface area contributed by atoms with Crippen molar-refractivity contribution in [2.24, 2.45) is 0 Å². The fourth-order valence-corrected chi connectivity index (χ4v) is 5.75. The SMILES string of the molecule is CC1CNCCN1.Cc1ccc(Cc2nsc(C)n2)cc1.Cc1ccc(Cc2nsc(N3CCNC(C)C3)n2)cc1. The van der Waals surface area contributed by atoms with Gasteiger partial charge in [0, 0.05) is 75.7 Å². The molecule has 0 bridgehead atoms. The summed E-state index contributed by atoms with van der Waals surface area (Å²) in [6.07, 6.45) is 1.66. The van der Waals surface area contributed by atoms with Crippen molar-refractivity contribution in [1.82, 2.24) is 34.7 Å². The molecule has 2 aromatic carbocycles. The third kappa shape index (κ3) is 10.9. The highest BCUT2D eigenvalue weighted by Crippen LogP contribution is 2.20. The van der Waals surface area contributed by atoms with Crippen LogP contribution in [0.5, 0.6) is 0 Å². The van der Waals surface area contributed by atoms with Gasteiger partial charge in [-0.05, 0) is 57.3 Å². The summed E-state index contributed by atoms with van der Waals surface area (Å²) in [4.78, 5) is 11.4. The summed E-state index contributed by atoms with van der Waals surface area (Å²) >= 11 is 2.98. The molecule has 6 rings (SSSR count). The van der Waals surface area contributed by atoms with Gasteiger partial charge in [-0.25, -0.2) is 9.97 Å². The van der Waals surface area contributed by atoms with Crippen LogP contribution in [0.4, 0.5) is 5.13 Å². The highest BCUT2D eigenvalue weighted by atomic mass is 32.1. The van der Waals surface area contributed by atoms with E-state index in [1.54, 1.807) is 0 Å². The minimum atomic E-state index is 0.521. The molecule has 10 heteroatoms. The zero-order chi connectivity index (χ0) is 29.0. The van der Waals surface area contributed by atoms with Crippen molar-refractivity contribution in [2.75, 3.05) is 44.2 Å². The van der Waals surface area contributed by atoms with Crippen LogP contribution < -0.4 is 20.9 Å². The molecule has 4 heterocycles. The summed E-state index contributed by atoms with van der Waals surface area (Å²) in [7, 11) is 0. The first-order chi connectivity index (χ1) is 19.8. The first-order valence-corrected chi connectivity index (χ1v) is 16.0. The molecule has 0 radical (unpaired) electrons. The Morgan fingerprint density at radius 3 is 1.80 bits per heavy atom. The molecule has 2 aliphatic heterocycles. The molecule has 3 N–H and O–H groups in total. The van der Waals surface area contributed by atoms with Crippen LogP contribution in [0.15, 0.2) is 48.5 Å². The molecule has 2 unspecified atom stereocenters. The Kier molecular flexibility index (Phi) is 12.2. The molecule has 220 valence electrons. The van der Waals surface area contributed by atoms with Gasteiger partial charge in [-0.3, -0.25) is 0 Å². The van der Waals surface area contributed by atoms with E-state index in [1.807, 2.05) is 6.92 Å². The Morgan fingerprint density at radius 1 is 0.732 bits per heavy atom. The predicted molar refractivity (Wildman–Crippen MR) is 173 cm³/mol. The van der Waals surface area contributed by atoms with E-state index in [0.29, 0.717) is 12.1 Å². The minimum Gasteiger partial charge on any atom is -0.344 e. The van der Waals surface area contributed by atoms with Crippen LogP contribution in [-0.2, 0) is 12.8 Å². The van der Waals surface area contributed by atoms with Crippen LogP contribution in [0.25, 0.3) is 0 Å². The second-order valence-electron chi connectivity index (χ2n) is 10.9. The van der Waals surface area contributed by atoms with Gasteiger partial charge in [-0.15, -0.1) is 0 Å². The second-order valence-corrected chi connectivity index (χ2v) is 12.6. The smallest absolute Gasteiger partial charge is 0.205 e. The van der Waals surface area contributed by atoms with Crippen molar-refractivity contribution in [3.63, 3.8) is 0 Å². The Hall–Kier alpha value is -2.76. The molecule has 0 amide bonds. The number of hydrogen-bond donors (Lipinski definition) is 3. The fraction of sp³-hybridized carbons (Fsp3) is 0.484. The highest BCUT2D eigenvalue weighted by Gasteiger charge is 2.19. The Morgan fingerprint density at radius 2 is 1.32 bits per heavy atom. The standard InChI is InChI=1S/C15H20N4S.C11H12N2S.C5H12N2/c1-11-3-5-13(6-4-11)9-14-17-15(20-18-14)19-8-7-16-12(2)10-19;1-8-3-5-10(6-4-8)7-11-12-9(2)14-13-11;1-5-4-6-2-3-7-5/h3-6,12,16H,7-10H2,1-2H3;3-6H,7H2,1-2H3;5-7H,2-4H2,1H3. The molecule has 2 fully saturated rings. The van der Waals surface area contributed by atoms with E-state index in [9.17, 15) is 0 Å². The van der Waals surface area contributed by atoms with Crippen molar-refractivity contribution >= 4 is 28.2 Å². The molecule has 2 aromatic heterocycles. The van der Waals surface area contributed by atoms with E-state index in [2.05, 4.69) is 111 Å². The molecular weight excluding hydrogens is 549 g/mol. The summed E-state index contributed by atoms with van der Waals surface area (Å²) in [5.74, 6) is 1.86. The molecule has 41 heavy (non-hydrogen) atoms. The Bertz CT molecular complexity index is 1300. The number of nitrogens with one attached hydrogen (secondary N) is 3. The quantitative estimate of drug-likeness (QED) is 0.311. The van der Waals surface area contributed by atoms with Gasteiger partial charge >= 0.3 is 0 Å². The normalized spacial score (nSPS) is 18.6. The lowest BCUT2D eigenvalue weighted by Gasteiger charge is -2.31. The van der Waals surface area contributed by atoms with Crippen molar-refractivity contribution in [2.45, 2.75) is 59.5 Å². The zero-order valence-electron chi connectivity index (χ0n) is 25.0. The predicted octanol–water partition coefficient (Wildman–Crippen LogP) is 4.55. The Balaban J connectivity index is 0.000000159. The summed E-state index contributed by atoms with van der Waals surface area (Å²) in [5, 5.41) is 12.1. The van der Waals surface area contributed by atoms with Crippen LogP contribution in [0.1, 0.15) is 52.8 Å². The van der Waals surface area contributed by atoms with Crippen LogP contribution >= 0.6 is 23.1 Å². The maximum Gasteiger partial charge on any atom is 0.205 e. The van der Waals surface area contributed by atoms with E-state index in [1.165, 1.54) is 45.3 Å². The number of aryl methyl sites for hydroxylation is 3. The summed E-state index contributed by atoms with van der Waals surface area (Å²) < 4.78 is 8.77. The van der Waals surface area contributed by atoms with Crippen molar-refractivity contribution in [3.8, 4) is 0 Å². The number of benzene rings is 2. The fourth-order valence-electron chi connectivity index (χ4n) is 4.54. The van der Waals surface area contributed by atoms with E-state index in [-0.39, 0.29) is 0 Å². The molecule has 2 saturated heterocycles. The first kappa shape index (κ1) is 31.2. The monoisotopic (exact) mass is 592 g/mol. The number of aromatic nitrogens is 4. The van der Waals surface area contributed by atoms with Crippen LogP contribution in [0.3, 0.4) is 0 Å². The summed E-state index contributed by atoms with van der Waals surface area (Å²) in [6, 6.07) is 18.3. The van der Waals surface area contributed by atoms with Gasteiger partial charge in [0.2, 0.25) is 5.13 Å². The van der Waals surface area contributed by atoms with Crippen molar-refractivity contribution in [3.05, 3.63) is 87.4 Å². The van der Waals surface area contributed by atoms with Gasteiger partial charge in [0.1, 0.15) is 16.7 Å². The number of hydrogen-bond acceptors (Lipinski definition) is 10. The van der Waals surface area contributed by atoms with Gasteiger partial charge in [0.05, 0.1) is 0 Å². The third-order valence-electron chi connectivity index (χ3n) is 6.88. The number of nitrogens with zero attached hydrogens (tertiary/aromatic N) is 5.